The van der Waals surface area contributed by atoms with Gasteiger partial charge in [-0.3, -0.25) is 4.90 Å². The Morgan fingerprint density at radius 3 is 2.75 bits per heavy atom. The fraction of sp³-hybridized carbons (Fsp3) is 0.625. The van der Waals surface area contributed by atoms with E-state index in [2.05, 4.69) is 11.0 Å². The van der Waals surface area contributed by atoms with Gasteiger partial charge < -0.3 is 5.11 Å². The quantitative estimate of drug-likeness (QED) is 0.855. The van der Waals surface area contributed by atoms with Gasteiger partial charge in [0.2, 0.25) is 0 Å². The molecule has 1 unspecified atom stereocenters. The molecule has 0 spiro atoms. The number of rotatable bonds is 1. The van der Waals surface area contributed by atoms with Crippen molar-refractivity contribution in [1.82, 2.24) is 4.90 Å². The van der Waals surface area contributed by atoms with Crippen molar-refractivity contribution in [2.75, 3.05) is 6.54 Å². The Balaban J connectivity index is 1.72. The molecule has 4 heteroatoms. The first-order valence-electron chi connectivity index (χ1n) is 7.54. The first-order valence-corrected chi connectivity index (χ1v) is 8.29. The topological polar surface area (TPSA) is 23.5 Å². The van der Waals surface area contributed by atoms with E-state index < -0.39 is 0 Å². The Kier molecular flexibility index (Phi) is 3.26. The van der Waals surface area contributed by atoms with Gasteiger partial charge in [0.1, 0.15) is 0 Å². The van der Waals surface area contributed by atoms with E-state index in [1.807, 2.05) is 12.1 Å². The molecule has 3 saturated heterocycles. The van der Waals surface area contributed by atoms with Gasteiger partial charge in [-0.05, 0) is 49.3 Å². The van der Waals surface area contributed by atoms with Gasteiger partial charge in [-0.15, -0.1) is 0 Å². The van der Waals surface area contributed by atoms with Crippen LogP contribution in [0, 0.1) is 5.92 Å². The Bertz CT molecular complexity index is 535. The van der Waals surface area contributed by atoms with Gasteiger partial charge in [0, 0.05) is 24.5 Å². The second-order valence-corrected chi connectivity index (χ2v) is 7.30. The van der Waals surface area contributed by atoms with Crippen LogP contribution in [0.4, 0.5) is 0 Å². The Morgan fingerprint density at radius 2 is 1.95 bits per heavy atom. The molecule has 6 atom stereocenters. The van der Waals surface area contributed by atoms with Crippen LogP contribution < -0.4 is 0 Å². The van der Waals surface area contributed by atoms with Crippen molar-refractivity contribution in [3.63, 3.8) is 0 Å². The fourth-order valence-corrected chi connectivity index (χ4v) is 5.11. The molecule has 1 aromatic rings. The molecule has 3 aliphatic rings. The average molecular weight is 312 g/mol. The minimum Gasteiger partial charge on any atom is -0.393 e. The third-order valence-electron chi connectivity index (χ3n) is 5.62. The molecule has 0 aliphatic carbocycles. The van der Waals surface area contributed by atoms with E-state index in [1.54, 1.807) is 0 Å². The molecule has 3 aliphatic heterocycles. The lowest BCUT2D eigenvalue weighted by molar-refractivity contribution is -0.0542. The first-order chi connectivity index (χ1) is 9.65. The molecular weight excluding hydrogens is 293 g/mol. The molecule has 3 heterocycles. The number of halogens is 2. The normalized spacial score (nSPS) is 42.8. The molecule has 2 nitrogen and oxygen atoms in total. The maximum atomic E-state index is 10.5. The zero-order valence-corrected chi connectivity index (χ0v) is 12.8. The molecule has 20 heavy (non-hydrogen) atoms. The molecule has 1 N–H and O–H groups in total. The van der Waals surface area contributed by atoms with E-state index in [4.69, 9.17) is 23.2 Å². The summed E-state index contributed by atoms with van der Waals surface area (Å²) in [6.45, 7) is 1.07. The summed E-state index contributed by atoms with van der Waals surface area (Å²) >= 11 is 12.2. The van der Waals surface area contributed by atoms with E-state index in [0.29, 0.717) is 34.0 Å². The van der Waals surface area contributed by atoms with Crippen molar-refractivity contribution in [3.05, 3.63) is 33.8 Å². The standard InChI is InChI=1S/C16H19Cl2NO/c17-12-3-1-9(7-13(12)18)11-8-10-2-4-14-16(11)15(20)5-6-19(10)14/h1,3,7,10-11,14-16,20H,2,4-6,8H2/t10-,11+,14+,15+,16-/m0/s1. The van der Waals surface area contributed by atoms with Gasteiger partial charge in [-0.2, -0.15) is 0 Å². The van der Waals surface area contributed by atoms with Crippen LogP contribution in [-0.4, -0.2) is 34.7 Å². The largest absolute Gasteiger partial charge is 0.393 e. The average Bonchev–Trinajstić information content (AvgIpc) is 2.71. The molecule has 0 saturated carbocycles. The van der Waals surface area contributed by atoms with Crippen LogP contribution in [-0.2, 0) is 0 Å². The Labute approximate surface area is 129 Å². The highest BCUT2D eigenvalue weighted by molar-refractivity contribution is 6.42. The summed E-state index contributed by atoms with van der Waals surface area (Å²) in [7, 11) is 0. The molecule has 108 valence electrons. The van der Waals surface area contributed by atoms with E-state index >= 15 is 0 Å². The summed E-state index contributed by atoms with van der Waals surface area (Å²) in [5.41, 5.74) is 1.25. The van der Waals surface area contributed by atoms with Crippen LogP contribution in [0.2, 0.25) is 10.0 Å². The predicted molar refractivity (Wildman–Crippen MR) is 81.4 cm³/mol. The molecule has 3 fully saturated rings. The highest BCUT2D eigenvalue weighted by Crippen LogP contribution is 2.51. The van der Waals surface area contributed by atoms with Crippen molar-refractivity contribution >= 4 is 23.2 Å². The molecular formula is C16H19Cl2NO. The summed E-state index contributed by atoms with van der Waals surface area (Å²) in [6, 6.07) is 7.25. The van der Waals surface area contributed by atoms with Gasteiger partial charge in [0.25, 0.3) is 0 Å². The lowest BCUT2D eigenvalue weighted by atomic mass is 9.70. The third-order valence-corrected chi connectivity index (χ3v) is 6.36. The second-order valence-electron chi connectivity index (χ2n) is 6.49. The summed E-state index contributed by atoms with van der Waals surface area (Å²) < 4.78 is 0. The van der Waals surface area contributed by atoms with Crippen LogP contribution in [0.5, 0.6) is 0 Å². The number of piperidine rings is 2. The molecule has 1 aromatic carbocycles. The minimum absolute atomic E-state index is 0.172. The summed E-state index contributed by atoms with van der Waals surface area (Å²) in [6.07, 6.45) is 4.41. The zero-order chi connectivity index (χ0) is 13.9. The van der Waals surface area contributed by atoms with Gasteiger partial charge in [0.05, 0.1) is 16.1 Å². The molecule has 4 bridgehead atoms. The zero-order valence-electron chi connectivity index (χ0n) is 11.3. The number of hydrogen-bond acceptors (Lipinski definition) is 2. The van der Waals surface area contributed by atoms with Gasteiger partial charge in [-0.25, -0.2) is 0 Å². The molecule has 0 amide bonds. The van der Waals surface area contributed by atoms with Gasteiger partial charge in [-0.1, -0.05) is 29.3 Å². The minimum atomic E-state index is -0.172. The Hall–Kier alpha value is -0.280. The smallest absolute Gasteiger partial charge is 0.0601 e. The van der Waals surface area contributed by atoms with Crippen molar-refractivity contribution in [3.8, 4) is 0 Å². The summed E-state index contributed by atoms with van der Waals surface area (Å²) in [4.78, 5) is 2.64. The van der Waals surface area contributed by atoms with E-state index in [0.717, 1.165) is 19.4 Å². The first kappa shape index (κ1) is 13.4. The van der Waals surface area contributed by atoms with Crippen LogP contribution in [0.15, 0.2) is 18.2 Å². The van der Waals surface area contributed by atoms with Gasteiger partial charge >= 0.3 is 0 Å². The van der Waals surface area contributed by atoms with Crippen molar-refractivity contribution in [2.45, 2.75) is 49.8 Å². The predicted octanol–water partition coefficient (Wildman–Crippen LogP) is 3.69. The van der Waals surface area contributed by atoms with E-state index in [9.17, 15) is 5.11 Å². The monoisotopic (exact) mass is 311 g/mol. The second kappa shape index (κ2) is 4.88. The van der Waals surface area contributed by atoms with Crippen LogP contribution in [0.25, 0.3) is 0 Å². The molecule has 0 aromatic heterocycles. The SMILES string of the molecule is O[C@@H]1CCN2[C@H]3CC[C@@H]2[C@@H]1[C@@H](c1ccc(Cl)c(Cl)c1)C3. The maximum absolute atomic E-state index is 10.5. The van der Waals surface area contributed by atoms with Crippen molar-refractivity contribution in [1.29, 1.82) is 0 Å². The van der Waals surface area contributed by atoms with Crippen molar-refractivity contribution < 1.29 is 5.11 Å². The van der Waals surface area contributed by atoms with Crippen LogP contribution in [0.3, 0.4) is 0 Å². The Morgan fingerprint density at radius 1 is 1.10 bits per heavy atom. The highest BCUT2D eigenvalue weighted by atomic mass is 35.5. The van der Waals surface area contributed by atoms with E-state index in [-0.39, 0.29) is 6.10 Å². The van der Waals surface area contributed by atoms with Gasteiger partial charge in [0.15, 0.2) is 0 Å². The highest BCUT2D eigenvalue weighted by Gasteiger charge is 2.52. The number of nitrogens with zero attached hydrogens (tertiary/aromatic N) is 1. The third kappa shape index (κ3) is 1.93. The lowest BCUT2D eigenvalue weighted by Crippen LogP contribution is -2.56. The number of benzene rings is 1. The summed E-state index contributed by atoms with van der Waals surface area (Å²) in [5.74, 6) is 0.786. The summed E-state index contributed by atoms with van der Waals surface area (Å²) in [5, 5.41) is 11.8. The van der Waals surface area contributed by atoms with E-state index in [1.165, 1.54) is 18.4 Å². The van der Waals surface area contributed by atoms with Crippen LogP contribution in [0.1, 0.15) is 37.2 Å². The number of aliphatic hydroxyl groups excluding tert-OH is 1. The maximum Gasteiger partial charge on any atom is 0.0601 e. The van der Waals surface area contributed by atoms with Crippen LogP contribution >= 0.6 is 23.2 Å². The van der Waals surface area contributed by atoms with Crippen molar-refractivity contribution in [2.24, 2.45) is 5.92 Å². The number of aliphatic hydroxyl groups is 1. The fourth-order valence-electron chi connectivity index (χ4n) is 4.80. The number of hydrogen-bond donors (Lipinski definition) is 1. The molecule has 4 rings (SSSR count). The lowest BCUT2D eigenvalue weighted by Gasteiger charge is -2.50. The molecule has 0 radical (unpaired) electrons.